The second kappa shape index (κ2) is 4.53. The minimum atomic E-state index is -0.470. The Hall–Kier alpha value is -1.69. The van der Waals surface area contributed by atoms with E-state index in [1.54, 1.807) is 19.2 Å². The molecule has 1 saturated carbocycles. The van der Waals surface area contributed by atoms with Crippen LogP contribution in [0.4, 0.5) is 11.5 Å². The van der Waals surface area contributed by atoms with Gasteiger partial charge in [-0.2, -0.15) is 0 Å². The number of anilines is 1. The zero-order valence-corrected chi connectivity index (χ0v) is 10.7. The highest BCUT2D eigenvalue weighted by Gasteiger charge is 2.49. The highest BCUT2D eigenvalue weighted by atomic mass is 16.6. The molecular weight excluding hydrogens is 234 g/mol. The van der Waals surface area contributed by atoms with E-state index in [1.165, 1.54) is 6.20 Å². The zero-order chi connectivity index (χ0) is 13.3. The van der Waals surface area contributed by atoms with Crippen molar-refractivity contribution in [1.29, 1.82) is 0 Å². The van der Waals surface area contributed by atoms with Gasteiger partial charge in [0, 0.05) is 18.6 Å². The zero-order valence-electron chi connectivity index (χ0n) is 10.7. The molecule has 1 fully saturated rings. The van der Waals surface area contributed by atoms with Gasteiger partial charge in [0.2, 0.25) is 0 Å². The Morgan fingerprint density at radius 3 is 2.89 bits per heavy atom. The molecule has 1 aliphatic rings. The molecule has 1 aromatic heterocycles. The minimum absolute atomic E-state index is 0.0432. The first kappa shape index (κ1) is 12.8. The number of pyridine rings is 1. The van der Waals surface area contributed by atoms with Gasteiger partial charge >= 0.3 is 5.82 Å². The second-order valence-electron chi connectivity index (χ2n) is 5.11. The molecule has 2 atom stereocenters. The number of nitrogens with one attached hydrogen (secondary N) is 1. The normalized spacial score (nSPS) is 25.3. The Morgan fingerprint density at radius 2 is 2.33 bits per heavy atom. The number of nitro groups is 1. The number of nitrogens with zero attached hydrogens (tertiary/aromatic N) is 2. The van der Waals surface area contributed by atoms with Crippen LogP contribution >= 0.6 is 0 Å². The van der Waals surface area contributed by atoms with Crippen molar-refractivity contribution in [2.75, 3.05) is 12.4 Å². The molecule has 1 aromatic rings. The van der Waals surface area contributed by atoms with E-state index in [4.69, 9.17) is 4.74 Å². The molecule has 0 saturated heterocycles. The molecule has 0 amide bonds. The molecule has 2 rings (SSSR count). The van der Waals surface area contributed by atoms with Crippen LogP contribution in [0, 0.1) is 15.5 Å². The lowest BCUT2D eigenvalue weighted by Crippen LogP contribution is -2.57. The summed E-state index contributed by atoms with van der Waals surface area (Å²) in [5, 5.41) is 14.1. The van der Waals surface area contributed by atoms with Crippen LogP contribution in [-0.2, 0) is 4.74 Å². The average Bonchev–Trinajstić information content (AvgIpc) is 2.34. The van der Waals surface area contributed by atoms with Gasteiger partial charge < -0.3 is 20.2 Å². The van der Waals surface area contributed by atoms with E-state index < -0.39 is 4.92 Å². The van der Waals surface area contributed by atoms with Crippen molar-refractivity contribution >= 4 is 11.5 Å². The van der Waals surface area contributed by atoms with Crippen molar-refractivity contribution in [1.82, 2.24) is 4.98 Å². The molecule has 98 valence electrons. The van der Waals surface area contributed by atoms with Gasteiger partial charge in [-0.05, 0) is 28.5 Å². The van der Waals surface area contributed by atoms with Crippen molar-refractivity contribution < 1.29 is 9.66 Å². The lowest BCUT2D eigenvalue weighted by atomic mass is 9.64. The predicted octanol–water partition coefficient (Wildman–Crippen LogP) is 2.22. The Morgan fingerprint density at radius 1 is 1.61 bits per heavy atom. The topological polar surface area (TPSA) is 77.3 Å². The second-order valence-corrected chi connectivity index (χ2v) is 5.11. The maximum absolute atomic E-state index is 10.9. The first-order valence-corrected chi connectivity index (χ1v) is 5.85. The van der Waals surface area contributed by atoms with Crippen LogP contribution in [0.15, 0.2) is 18.3 Å². The fraction of sp³-hybridized carbons (Fsp3) is 0.583. The summed E-state index contributed by atoms with van der Waals surface area (Å²) in [6.45, 7) is 4.18. The maximum Gasteiger partial charge on any atom is 0.386 e. The number of ether oxygens (including phenoxy) is 1. The van der Waals surface area contributed by atoms with Crippen molar-refractivity contribution in [3.8, 4) is 0 Å². The van der Waals surface area contributed by atoms with Gasteiger partial charge in [-0.25, -0.2) is 0 Å². The number of aromatic nitrogens is 1. The third-order valence-electron chi connectivity index (χ3n) is 3.75. The van der Waals surface area contributed by atoms with Crippen LogP contribution in [0.2, 0.25) is 0 Å². The Kier molecular flexibility index (Phi) is 3.21. The molecule has 2 unspecified atom stereocenters. The predicted molar refractivity (Wildman–Crippen MR) is 67.5 cm³/mol. The standard InChI is InChI=1S/C12H17N3O3/c1-12(2)9(7-10(12)18-3)14-8-5-4-6-13-11(8)15(16)17/h4-6,9-10,14H,7H2,1-3H3. The van der Waals surface area contributed by atoms with E-state index in [0.717, 1.165) is 6.42 Å². The molecule has 1 N–H and O–H groups in total. The molecule has 0 aromatic carbocycles. The van der Waals surface area contributed by atoms with Crippen LogP contribution in [0.1, 0.15) is 20.3 Å². The fourth-order valence-electron chi connectivity index (χ4n) is 2.37. The third kappa shape index (κ3) is 2.03. The molecule has 18 heavy (non-hydrogen) atoms. The van der Waals surface area contributed by atoms with Crippen molar-refractivity contribution in [2.45, 2.75) is 32.4 Å². The molecule has 6 heteroatoms. The van der Waals surface area contributed by atoms with Gasteiger partial charge in [0.05, 0.1) is 6.10 Å². The van der Waals surface area contributed by atoms with Gasteiger partial charge in [0.25, 0.3) is 0 Å². The fourth-order valence-corrected chi connectivity index (χ4v) is 2.37. The third-order valence-corrected chi connectivity index (χ3v) is 3.75. The quantitative estimate of drug-likeness (QED) is 0.655. The van der Waals surface area contributed by atoms with Crippen molar-refractivity contribution in [2.24, 2.45) is 5.41 Å². The lowest BCUT2D eigenvalue weighted by molar-refractivity contribution is -0.388. The summed E-state index contributed by atoms with van der Waals surface area (Å²) >= 11 is 0. The van der Waals surface area contributed by atoms with Crippen molar-refractivity contribution in [3.63, 3.8) is 0 Å². The summed E-state index contributed by atoms with van der Waals surface area (Å²) in [4.78, 5) is 14.2. The van der Waals surface area contributed by atoms with E-state index in [1.807, 2.05) is 0 Å². The number of hydrogen-bond acceptors (Lipinski definition) is 5. The van der Waals surface area contributed by atoms with Crippen LogP contribution in [0.25, 0.3) is 0 Å². The Bertz CT molecular complexity index is 462. The first-order valence-electron chi connectivity index (χ1n) is 5.85. The summed E-state index contributed by atoms with van der Waals surface area (Å²) in [6, 6.07) is 3.53. The van der Waals surface area contributed by atoms with Gasteiger partial charge in [0.15, 0.2) is 0 Å². The largest absolute Gasteiger partial charge is 0.386 e. The van der Waals surface area contributed by atoms with Crippen LogP contribution in [-0.4, -0.2) is 29.2 Å². The van der Waals surface area contributed by atoms with Gasteiger partial charge in [0.1, 0.15) is 11.9 Å². The van der Waals surface area contributed by atoms with Crippen molar-refractivity contribution in [3.05, 3.63) is 28.4 Å². The summed E-state index contributed by atoms with van der Waals surface area (Å²) in [7, 11) is 1.69. The Balaban J connectivity index is 2.14. The Labute approximate surface area is 106 Å². The van der Waals surface area contributed by atoms with E-state index in [2.05, 4.69) is 24.1 Å². The summed E-state index contributed by atoms with van der Waals surface area (Å²) in [5.41, 5.74) is 0.425. The van der Waals surface area contributed by atoms with E-state index in [9.17, 15) is 10.1 Å². The SMILES string of the molecule is COC1CC(Nc2cccnc2[N+](=O)[O-])C1(C)C. The molecule has 0 aliphatic heterocycles. The minimum Gasteiger partial charge on any atom is -0.381 e. The monoisotopic (exact) mass is 251 g/mol. The maximum atomic E-state index is 10.9. The molecule has 6 nitrogen and oxygen atoms in total. The highest BCUT2D eigenvalue weighted by Crippen LogP contribution is 2.44. The van der Waals surface area contributed by atoms with Gasteiger partial charge in [-0.15, -0.1) is 0 Å². The average molecular weight is 251 g/mol. The van der Waals surface area contributed by atoms with Crippen LogP contribution < -0.4 is 5.32 Å². The van der Waals surface area contributed by atoms with Gasteiger partial charge in [-0.3, -0.25) is 0 Å². The van der Waals surface area contributed by atoms with E-state index in [-0.39, 0.29) is 23.4 Å². The van der Waals surface area contributed by atoms with Gasteiger partial charge in [-0.1, -0.05) is 13.8 Å². The summed E-state index contributed by atoms with van der Waals surface area (Å²) < 4.78 is 5.36. The molecule has 0 bridgehead atoms. The van der Waals surface area contributed by atoms with Crippen LogP contribution in [0.5, 0.6) is 0 Å². The van der Waals surface area contributed by atoms with E-state index in [0.29, 0.717) is 5.69 Å². The molecule has 0 spiro atoms. The summed E-state index contributed by atoms with van der Waals surface area (Å²) in [6.07, 6.45) is 2.45. The first-order chi connectivity index (χ1) is 8.46. The molecule has 1 heterocycles. The van der Waals surface area contributed by atoms with Crippen LogP contribution in [0.3, 0.4) is 0 Å². The molecular formula is C12H17N3O3. The summed E-state index contributed by atoms with van der Waals surface area (Å²) in [5.74, 6) is -0.130. The lowest BCUT2D eigenvalue weighted by Gasteiger charge is -2.51. The number of rotatable bonds is 4. The highest BCUT2D eigenvalue weighted by molar-refractivity contribution is 5.57. The molecule has 0 radical (unpaired) electrons. The number of methoxy groups -OCH3 is 1. The number of hydrogen-bond donors (Lipinski definition) is 1. The molecule has 1 aliphatic carbocycles. The van der Waals surface area contributed by atoms with E-state index >= 15 is 0 Å². The smallest absolute Gasteiger partial charge is 0.381 e.